The van der Waals surface area contributed by atoms with Crippen LogP contribution in [0.3, 0.4) is 0 Å². The summed E-state index contributed by atoms with van der Waals surface area (Å²) >= 11 is 0. The van der Waals surface area contributed by atoms with Crippen molar-refractivity contribution in [3.8, 4) is 22.6 Å². The monoisotopic (exact) mass is 887 g/mol. The highest BCUT2D eigenvalue weighted by Crippen LogP contribution is 2.45. The number of esters is 1. The number of aliphatic imine (C=N–C) groups is 1. The number of benzene rings is 5. The van der Waals surface area contributed by atoms with Crippen LogP contribution >= 0.6 is 24.8 Å². The lowest BCUT2D eigenvalue weighted by atomic mass is 9.92. The Labute approximate surface area is 373 Å². The Bertz CT molecular complexity index is 2290. The molecule has 0 unspecified atom stereocenters. The van der Waals surface area contributed by atoms with Crippen molar-refractivity contribution >= 4 is 76.0 Å². The largest absolute Gasteiger partial charge is 0.489 e. The number of carbonyl (C=O) groups excluding carboxylic acids is 4. The molecule has 16 heteroatoms. The minimum atomic E-state index is -1.09. The molecule has 0 aromatic heterocycles. The fourth-order valence-electron chi connectivity index (χ4n) is 6.67. The van der Waals surface area contributed by atoms with Crippen LogP contribution in [-0.2, 0) is 30.5 Å². The first kappa shape index (κ1) is 50.0. The van der Waals surface area contributed by atoms with Gasteiger partial charge in [0.05, 0.1) is 0 Å². The smallest absolute Gasteiger partial charge is 0.325 e. The maximum atomic E-state index is 13.9. The zero-order chi connectivity index (χ0) is 42.7. The van der Waals surface area contributed by atoms with Crippen LogP contribution in [0.15, 0.2) is 121 Å². The van der Waals surface area contributed by atoms with Gasteiger partial charge in [0.2, 0.25) is 11.8 Å². The topological polar surface area (TPSA) is 222 Å². The highest BCUT2D eigenvalue weighted by atomic mass is 35.5. The number of carbonyl (C=O) groups is 4. The molecule has 0 aliphatic rings. The molecular weight excluding hydrogens is 833 g/mol. The molecule has 5 aromatic rings. The van der Waals surface area contributed by atoms with E-state index in [-0.39, 0.29) is 63.4 Å². The fourth-order valence-corrected chi connectivity index (χ4v) is 6.67. The van der Waals surface area contributed by atoms with Crippen LogP contribution in [0, 0.1) is 0 Å². The fraction of sp³-hybridized carbons (Fsp3) is 0.283. The molecule has 5 aromatic carbocycles. The van der Waals surface area contributed by atoms with Crippen molar-refractivity contribution in [2.75, 3.05) is 32.8 Å². The minimum absolute atomic E-state index is 0. The summed E-state index contributed by atoms with van der Waals surface area (Å²) in [5, 5.41) is 11.9. The molecule has 0 saturated heterocycles. The number of nitrogens with one attached hydrogen (secondary N) is 3. The molecule has 3 amide bonds. The Hall–Kier alpha value is -6.35. The molecule has 2 atom stereocenters. The number of halogens is 2. The van der Waals surface area contributed by atoms with E-state index in [2.05, 4.69) is 27.5 Å². The molecule has 9 N–H and O–H groups in total. The SMILES string of the molecule is C=CCOc1ccc2ccccc2c1-c1c(OCC(=O)N[C@H](CCCCN)C(=O)N[C@H](CCCN=C(N)N)C(=O)NCC(=O)OCc2ccccc2)ccc2ccccc12.Cl.Cl. The summed E-state index contributed by atoms with van der Waals surface area (Å²) in [6.07, 6.45) is 3.51. The standard InChI is InChI=1S/C46H53N7O7.2ClH/c1-2-27-58-38-23-21-32-15-6-8-17-34(32)42(38)43-35-18-9-7-16-33(35)22-24-39(43)59-30-40(54)52-37(19-10-11-25-47)45(57)53-36(20-12-26-50-46(48)49)44(56)51-28-41(55)60-29-31-13-4-3-5-14-31;;/h2-9,13-18,21-24,36-37H,1,10-12,19-20,25-30,47H2,(H,51,56)(H,52,54)(H,53,57)(H4,48,49,50);2*1H/t36-,37-;;/m1../s1. The van der Waals surface area contributed by atoms with E-state index in [1.165, 1.54) is 0 Å². The Morgan fingerprint density at radius 1 is 0.694 bits per heavy atom. The van der Waals surface area contributed by atoms with Crippen molar-refractivity contribution in [1.82, 2.24) is 16.0 Å². The number of guanidine groups is 1. The third kappa shape index (κ3) is 14.7. The molecule has 0 heterocycles. The molecule has 330 valence electrons. The molecule has 0 saturated carbocycles. The molecule has 14 nitrogen and oxygen atoms in total. The van der Waals surface area contributed by atoms with E-state index < -0.39 is 48.9 Å². The summed E-state index contributed by atoms with van der Waals surface area (Å²) in [5.74, 6) is -1.47. The second-order valence-corrected chi connectivity index (χ2v) is 14.0. The molecule has 0 radical (unpaired) electrons. The zero-order valence-corrected chi connectivity index (χ0v) is 36.0. The lowest BCUT2D eigenvalue weighted by Gasteiger charge is -2.23. The Morgan fingerprint density at radius 2 is 1.27 bits per heavy atom. The van der Waals surface area contributed by atoms with E-state index in [1.54, 1.807) is 6.08 Å². The van der Waals surface area contributed by atoms with Gasteiger partial charge in [-0.15, -0.1) is 24.8 Å². The lowest BCUT2D eigenvalue weighted by molar-refractivity contribution is -0.145. The Kier molecular flexibility index (Phi) is 21.0. The van der Waals surface area contributed by atoms with E-state index in [4.69, 9.17) is 31.4 Å². The van der Waals surface area contributed by atoms with Crippen molar-refractivity contribution < 1.29 is 33.4 Å². The van der Waals surface area contributed by atoms with E-state index in [0.29, 0.717) is 37.3 Å². The number of fused-ring (bicyclic) bond motifs is 2. The predicted molar refractivity (Wildman–Crippen MR) is 248 cm³/mol. The van der Waals surface area contributed by atoms with Crippen LogP contribution < -0.4 is 42.6 Å². The van der Waals surface area contributed by atoms with Crippen LogP contribution in [0.2, 0.25) is 0 Å². The zero-order valence-electron chi connectivity index (χ0n) is 34.4. The summed E-state index contributed by atoms with van der Waals surface area (Å²) in [7, 11) is 0. The maximum absolute atomic E-state index is 13.9. The number of rotatable bonds is 23. The van der Waals surface area contributed by atoms with Crippen molar-refractivity contribution in [2.45, 2.75) is 50.8 Å². The predicted octanol–water partition coefficient (Wildman–Crippen LogP) is 5.46. The number of nitrogens with two attached hydrogens (primary N) is 3. The van der Waals surface area contributed by atoms with Gasteiger partial charge in [0, 0.05) is 17.7 Å². The molecule has 0 aliphatic carbocycles. The number of ether oxygens (including phenoxy) is 3. The van der Waals surface area contributed by atoms with Crippen LogP contribution in [0.25, 0.3) is 32.7 Å². The van der Waals surface area contributed by atoms with Crippen molar-refractivity contribution in [3.63, 3.8) is 0 Å². The van der Waals surface area contributed by atoms with Crippen LogP contribution in [0.5, 0.6) is 11.5 Å². The minimum Gasteiger partial charge on any atom is -0.489 e. The number of hydrogen-bond donors (Lipinski definition) is 6. The Balaban J connectivity index is 0.00000512. The van der Waals surface area contributed by atoms with E-state index >= 15 is 0 Å². The number of hydrogen-bond acceptors (Lipinski definition) is 9. The van der Waals surface area contributed by atoms with Crippen molar-refractivity contribution in [1.29, 1.82) is 0 Å². The van der Waals surface area contributed by atoms with Gasteiger partial charge in [-0.25, -0.2) is 0 Å². The van der Waals surface area contributed by atoms with Gasteiger partial charge in [-0.1, -0.05) is 104 Å². The molecular formula is C46H55Cl2N7O7. The van der Waals surface area contributed by atoms with Crippen LogP contribution in [0.1, 0.15) is 37.7 Å². The van der Waals surface area contributed by atoms with Gasteiger partial charge in [-0.05, 0) is 77.9 Å². The van der Waals surface area contributed by atoms with Gasteiger partial charge in [-0.2, -0.15) is 0 Å². The summed E-state index contributed by atoms with van der Waals surface area (Å²) in [5.41, 5.74) is 19.0. The van der Waals surface area contributed by atoms with Gasteiger partial charge in [0.25, 0.3) is 5.91 Å². The molecule has 0 bridgehead atoms. The third-order valence-electron chi connectivity index (χ3n) is 9.57. The molecule has 62 heavy (non-hydrogen) atoms. The summed E-state index contributed by atoms with van der Waals surface area (Å²) in [6.45, 7) is 3.88. The summed E-state index contributed by atoms with van der Waals surface area (Å²) in [4.78, 5) is 57.4. The average Bonchev–Trinajstić information content (AvgIpc) is 3.26. The quantitative estimate of drug-likeness (QED) is 0.0160. The van der Waals surface area contributed by atoms with Gasteiger partial charge in [-0.3, -0.25) is 24.2 Å². The van der Waals surface area contributed by atoms with Gasteiger partial charge in [0.1, 0.15) is 43.3 Å². The second kappa shape index (κ2) is 26.1. The molecule has 0 spiro atoms. The van der Waals surface area contributed by atoms with E-state index in [9.17, 15) is 19.2 Å². The van der Waals surface area contributed by atoms with E-state index in [1.807, 2.05) is 103 Å². The average molecular weight is 889 g/mol. The van der Waals surface area contributed by atoms with Crippen molar-refractivity contribution in [2.24, 2.45) is 22.2 Å². The molecule has 0 aliphatic heterocycles. The second-order valence-electron chi connectivity index (χ2n) is 14.0. The van der Waals surface area contributed by atoms with Gasteiger partial charge < -0.3 is 47.4 Å². The van der Waals surface area contributed by atoms with Crippen LogP contribution in [0.4, 0.5) is 0 Å². The van der Waals surface area contributed by atoms with Gasteiger partial charge in [0.15, 0.2) is 12.6 Å². The lowest BCUT2D eigenvalue weighted by Crippen LogP contribution is -2.54. The first-order valence-electron chi connectivity index (χ1n) is 19.9. The summed E-state index contributed by atoms with van der Waals surface area (Å²) in [6, 6.07) is 30.5. The first-order valence-corrected chi connectivity index (χ1v) is 19.9. The highest BCUT2D eigenvalue weighted by Gasteiger charge is 2.27. The normalized spacial score (nSPS) is 11.4. The third-order valence-corrected chi connectivity index (χ3v) is 9.57. The molecule has 5 rings (SSSR count). The molecule has 0 fully saturated rings. The highest BCUT2D eigenvalue weighted by molar-refractivity contribution is 6.10. The Morgan fingerprint density at radius 3 is 1.89 bits per heavy atom. The van der Waals surface area contributed by atoms with Crippen molar-refractivity contribution in [3.05, 3.63) is 121 Å². The van der Waals surface area contributed by atoms with Gasteiger partial charge >= 0.3 is 5.97 Å². The maximum Gasteiger partial charge on any atom is 0.325 e. The van der Waals surface area contributed by atoms with E-state index in [0.717, 1.165) is 38.2 Å². The number of amides is 3. The number of nitrogens with zero attached hydrogens (tertiary/aromatic N) is 1. The first-order chi connectivity index (χ1) is 29.2. The number of unbranched alkanes of at least 4 members (excludes halogenated alkanes) is 1. The summed E-state index contributed by atoms with van der Waals surface area (Å²) < 4.78 is 17.8. The van der Waals surface area contributed by atoms with Crippen LogP contribution in [-0.4, -0.2) is 74.6 Å².